The highest BCUT2D eigenvalue weighted by Crippen LogP contribution is 2.20. The van der Waals surface area contributed by atoms with E-state index in [1.165, 1.54) is 25.0 Å². The van der Waals surface area contributed by atoms with Crippen molar-refractivity contribution in [2.45, 2.75) is 12.8 Å². The van der Waals surface area contributed by atoms with Crippen molar-refractivity contribution in [2.75, 3.05) is 23.3 Å². The lowest BCUT2D eigenvalue weighted by molar-refractivity contribution is 0.0996. The molecule has 0 radical (unpaired) electrons. The second-order valence-corrected chi connectivity index (χ2v) is 5.03. The number of pyridine rings is 1. The zero-order chi connectivity index (χ0) is 13.9. The summed E-state index contributed by atoms with van der Waals surface area (Å²) in [6, 6.07) is 6.81. The number of carbonyl (C=O) groups excluding carboxylic acids is 1. The van der Waals surface area contributed by atoms with Crippen molar-refractivity contribution >= 4 is 29.0 Å². The Hall–Kier alpha value is -2.01. The Kier molecular flexibility index (Phi) is 3.60. The lowest BCUT2D eigenvalue weighted by Crippen LogP contribution is -2.19. The van der Waals surface area contributed by atoms with E-state index in [0.29, 0.717) is 5.69 Å². The molecular weight excluding hydrogens is 278 g/mol. The maximum atomic E-state index is 11.9. The summed E-state index contributed by atoms with van der Waals surface area (Å²) in [7, 11) is 0. The van der Waals surface area contributed by atoms with Gasteiger partial charge in [0.2, 0.25) is 0 Å². The van der Waals surface area contributed by atoms with E-state index in [-0.39, 0.29) is 16.9 Å². The third-order valence-corrected chi connectivity index (χ3v) is 3.44. The normalized spacial score (nSPS) is 14.6. The van der Waals surface area contributed by atoms with Gasteiger partial charge in [-0.3, -0.25) is 4.79 Å². The van der Waals surface area contributed by atoms with E-state index in [9.17, 15) is 4.79 Å². The van der Waals surface area contributed by atoms with E-state index < -0.39 is 0 Å². The van der Waals surface area contributed by atoms with Crippen LogP contribution in [0, 0.1) is 0 Å². The van der Waals surface area contributed by atoms with Crippen LogP contribution < -0.4 is 10.2 Å². The molecule has 0 aliphatic carbocycles. The number of rotatable bonds is 3. The van der Waals surface area contributed by atoms with Crippen LogP contribution >= 0.6 is 11.6 Å². The van der Waals surface area contributed by atoms with Gasteiger partial charge in [-0.05, 0) is 48.7 Å². The Labute approximate surface area is 121 Å². The van der Waals surface area contributed by atoms with E-state index in [4.69, 9.17) is 16.0 Å². The van der Waals surface area contributed by atoms with Crippen molar-refractivity contribution in [3.63, 3.8) is 0 Å². The Balaban J connectivity index is 1.67. The van der Waals surface area contributed by atoms with E-state index in [0.717, 1.165) is 18.9 Å². The number of anilines is 2. The second-order valence-electron chi connectivity index (χ2n) is 4.66. The first-order chi connectivity index (χ1) is 9.72. The number of hydrogen-bond acceptors (Lipinski definition) is 4. The fourth-order valence-corrected chi connectivity index (χ4v) is 2.37. The number of halogens is 1. The standard InChI is InChI=1S/C14H14ClN3O2/c15-12-5-4-11(20-12)14(19)17-10-3-6-13(16-9-10)18-7-1-2-8-18/h3-6,9H,1-2,7-8H2,(H,17,19). The van der Waals surface area contributed by atoms with Gasteiger partial charge >= 0.3 is 0 Å². The van der Waals surface area contributed by atoms with Crippen LogP contribution in [0.5, 0.6) is 0 Å². The largest absolute Gasteiger partial charge is 0.440 e. The number of amides is 1. The minimum Gasteiger partial charge on any atom is -0.440 e. The van der Waals surface area contributed by atoms with Crippen molar-refractivity contribution in [1.29, 1.82) is 0 Å². The van der Waals surface area contributed by atoms with Crippen molar-refractivity contribution in [2.24, 2.45) is 0 Å². The predicted molar refractivity (Wildman–Crippen MR) is 77.4 cm³/mol. The Morgan fingerprint density at radius 2 is 2.05 bits per heavy atom. The Morgan fingerprint density at radius 3 is 2.65 bits per heavy atom. The van der Waals surface area contributed by atoms with Crippen LogP contribution in [0.25, 0.3) is 0 Å². The van der Waals surface area contributed by atoms with Crippen LogP contribution in [-0.4, -0.2) is 24.0 Å². The summed E-state index contributed by atoms with van der Waals surface area (Å²) < 4.78 is 5.05. The van der Waals surface area contributed by atoms with Crippen LogP contribution in [0.2, 0.25) is 5.22 Å². The molecule has 0 aromatic carbocycles. The van der Waals surface area contributed by atoms with Gasteiger partial charge in [0.15, 0.2) is 11.0 Å². The van der Waals surface area contributed by atoms with Gasteiger partial charge in [0.05, 0.1) is 11.9 Å². The summed E-state index contributed by atoms with van der Waals surface area (Å²) in [5, 5.41) is 2.91. The molecule has 1 N–H and O–H groups in total. The number of hydrogen-bond donors (Lipinski definition) is 1. The average Bonchev–Trinajstić information content (AvgIpc) is 3.10. The highest BCUT2D eigenvalue weighted by Gasteiger charge is 2.14. The topological polar surface area (TPSA) is 58.4 Å². The van der Waals surface area contributed by atoms with E-state index in [1.54, 1.807) is 6.20 Å². The van der Waals surface area contributed by atoms with Gasteiger partial charge < -0.3 is 14.6 Å². The number of aromatic nitrogens is 1. The van der Waals surface area contributed by atoms with Crippen molar-refractivity contribution in [3.05, 3.63) is 41.4 Å². The average molecular weight is 292 g/mol. The minimum atomic E-state index is -0.340. The monoisotopic (exact) mass is 291 g/mol. The van der Waals surface area contributed by atoms with Crippen molar-refractivity contribution in [1.82, 2.24) is 4.98 Å². The van der Waals surface area contributed by atoms with E-state index in [1.807, 2.05) is 12.1 Å². The zero-order valence-corrected chi connectivity index (χ0v) is 11.6. The lowest BCUT2D eigenvalue weighted by atomic mass is 10.3. The summed E-state index contributed by atoms with van der Waals surface area (Å²) in [5.41, 5.74) is 0.630. The molecule has 3 rings (SSSR count). The summed E-state index contributed by atoms with van der Waals surface area (Å²) in [5.74, 6) is 0.785. The van der Waals surface area contributed by atoms with Crippen LogP contribution in [0.3, 0.4) is 0 Å². The molecule has 3 heterocycles. The Bertz CT molecular complexity index is 603. The molecule has 104 valence electrons. The molecule has 1 amide bonds. The molecule has 5 nitrogen and oxygen atoms in total. The molecule has 2 aromatic rings. The quantitative estimate of drug-likeness (QED) is 0.943. The molecule has 6 heteroatoms. The van der Waals surface area contributed by atoms with Gasteiger partial charge in [0, 0.05) is 13.1 Å². The molecule has 0 saturated carbocycles. The molecular formula is C14H14ClN3O2. The van der Waals surface area contributed by atoms with E-state index in [2.05, 4.69) is 15.2 Å². The van der Waals surface area contributed by atoms with Crippen molar-refractivity contribution < 1.29 is 9.21 Å². The fraction of sp³-hybridized carbons (Fsp3) is 0.286. The zero-order valence-electron chi connectivity index (χ0n) is 10.8. The van der Waals surface area contributed by atoms with Gasteiger partial charge in [-0.15, -0.1) is 0 Å². The fourth-order valence-electron chi connectivity index (χ4n) is 2.22. The van der Waals surface area contributed by atoms with Gasteiger partial charge in [-0.1, -0.05) is 0 Å². The molecule has 0 bridgehead atoms. The minimum absolute atomic E-state index is 0.179. The highest BCUT2D eigenvalue weighted by molar-refractivity contribution is 6.29. The summed E-state index contributed by atoms with van der Waals surface area (Å²) in [6.45, 7) is 2.09. The maximum absolute atomic E-state index is 11.9. The summed E-state index contributed by atoms with van der Waals surface area (Å²) >= 11 is 5.64. The second kappa shape index (κ2) is 5.54. The first-order valence-corrected chi connectivity index (χ1v) is 6.88. The summed E-state index contributed by atoms with van der Waals surface area (Å²) in [6.07, 6.45) is 4.06. The molecule has 0 spiro atoms. The molecule has 1 saturated heterocycles. The first-order valence-electron chi connectivity index (χ1n) is 6.50. The van der Waals surface area contributed by atoms with Crippen LogP contribution in [0.1, 0.15) is 23.4 Å². The van der Waals surface area contributed by atoms with Crippen LogP contribution in [-0.2, 0) is 0 Å². The molecule has 1 aliphatic heterocycles. The molecule has 1 aliphatic rings. The SMILES string of the molecule is O=C(Nc1ccc(N2CCCC2)nc1)c1ccc(Cl)o1. The summed E-state index contributed by atoms with van der Waals surface area (Å²) in [4.78, 5) is 18.5. The molecule has 2 aromatic heterocycles. The van der Waals surface area contributed by atoms with E-state index >= 15 is 0 Å². The number of nitrogens with zero attached hydrogens (tertiary/aromatic N) is 2. The van der Waals surface area contributed by atoms with Crippen molar-refractivity contribution in [3.8, 4) is 0 Å². The van der Waals surface area contributed by atoms with Gasteiger partial charge in [0.25, 0.3) is 5.91 Å². The van der Waals surface area contributed by atoms with Crippen LogP contribution in [0.4, 0.5) is 11.5 Å². The first kappa shape index (κ1) is 13.0. The third kappa shape index (κ3) is 2.77. The molecule has 0 atom stereocenters. The van der Waals surface area contributed by atoms with Gasteiger partial charge in [-0.2, -0.15) is 0 Å². The molecule has 1 fully saturated rings. The predicted octanol–water partition coefficient (Wildman–Crippen LogP) is 3.18. The van der Waals surface area contributed by atoms with Gasteiger partial charge in [-0.25, -0.2) is 4.98 Å². The molecule has 0 unspecified atom stereocenters. The smallest absolute Gasteiger partial charge is 0.291 e. The lowest BCUT2D eigenvalue weighted by Gasteiger charge is -2.16. The molecule has 20 heavy (non-hydrogen) atoms. The Morgan fingerprint density at radius 1 is 1.25 bits per heavy atom. The highest BCUT2D eigenvalue weighted by atomic mass is 35.5. The number of nitrogens with one attached hydrogen (secondary N) is 1. The third-order valence-electron chi connectivity index (χ3n) is 3.23. The van der Waals surface area contributed by atoms with Gasteiger partial charge in [0.1, 0.15) is 5.82 Å². The maximum Gasteiger partial charge on any atom is 0.291 e. The van der Waals surface area contributed by atoms with Crippen LogP contribution in [0.15, 0.2) is 34.9 Å². The number of carbonyl (C=O) groups is 1. The number of furan rings is 1.